The summed E-state index contributed by atoms with van der Waals surface area (Å²) in [5.74, 6) is 0.426. The maximum Gasteiger partial charge on any atom is 0.253 e. The Morgan fingerprint density at radius 2 is 1.46 bits per heavy atom. The minimum atomic E-state index is -1.63. The number of amides is 1. The van der Waals surface area contributed by atoms with Crippen molar-refractivity contribution in [3.8, 4) is 16.9 Å². The molecule has 12 heteroatoms. The molecular weight excluding hydrogens is 656 g/mol. The second-order valence-corrected chi connectivity index (χ2v) is 12.5. The van der Waals surface area contributed by atoms with Gasteiger partial charge >= 0.3 is 0 Å². The van der Waals surface area contributed by atoms with Gasteiger partial charge in [0.1, 0.15) is 5.75 Å². The molecule has 0 bridgehead atoms. The van der Waals surface area contributed by atoms with E-state index in [1.807, 2.05) is 72.8 Å². The molecule has 2 atom stereocenters. The number of nitrogens with zero attached hydrogens (tertiary/aromatic N) is 7. The number of fused-ring (bicyclic) bond motifs is 3. The summed E-state index contributed by atoms with van der Waals surface area (Å²) in [6, 6.07) is 37.2. The first-order valence-electron chi connectivity index (χ1n) is 16.9. The van der Waals surface area contributed by atoms with Crippen LogP contribution in [0, 0.1) is 0 Å². The monoisotopic (exact) mass is 690 g/mol. The maximum atomic E-state index is 15.4. The van der Waals surface area contributed by atoms with E-state index in [9.17, 15) is 5.53 Å². The van der Waals surface area contributed by atoms with E-state index in [1.54, 1.807) is 48.5 Å². The summed E-state index contributed by atoms with van der Waals surface area (Å²) in [5, 5.41) is 20.3. The van der Waals surface area contributed by atoms with Gasteiger partial charge in [-0.1, -0.05) is 107 Å². The smallest absolute Gasteiger partial charge is 0.253 e. The molecule has 0 saturated carbocycles. The summed E-state index contributed by atoms with van der Waals surface area (Å²) in [5.41, 5.74) is 23.9. The minimum Gasteiger partial charge on any atom is -0.494 e. The van der Waals surface area contributed by atoms with Crippen LogP contribution < -0.4 is 10.1 Å². The van der Waals surface area contributed by atoms with E-state index in [-0.39, 0.29) is 25.5 Å². The zero-order chi connectivity index (χ0) is 35.9. The van der Waals surface area contributed by atoms with Crippen LogP contribution in [0.5, 0.6) is 5.75 Å². The molecule has 0 fully saturated rings. The average molecular weight is 691 g/mol. The predicted molar refractivity (Wildman–Crippen MR) is 197 cm³/mol. The lowest BCUT2D eigenvalue weighted by Gasteiger charge is -2.33. The van der Waals surface area contributed by atoms with E-state index in [1.165, 1.54) is 0 Å². The number of carbonyl (C=O) groups is 1. The number of aliphatic hydroxyl groups excluding tert-OH is 1. The standard InChI is InChI=1S/C40H34N8O4/c41-47-43-25-28-11-2-1-10-27(28)24-40(39(50)44-36-32-14-5-3-12-30(32)31-13-4-6-15-33(31)36)37(34-16-7-8-17-35(34)46-48-42)52-38(45-40)26-18-20-29(21-19-26)51-23-9-22-49/h1-8,10-21,36-37,49H,9,22-25H2,(H,44,50)/t37-,40-/m1/s1. The minimum absolute atomic E-state index is 0.0234. The molecule has 5 aromatic carbocycles. The van der Waals surface area contributed by atoms with Crippen LogP contribution in [0.4, 0.5) is 5.69 Å². The molecule has 12 nitrogen and oxygen atoms in total. The average Bonchev–Trinajstić information content (AvgIpc) is 3.72. The fourth-order valence-electron chi connectivity index (χ4n) is 6.96. The van der Waals surface area contributed by atoms with Gasteiger partial charge < -0.3 is 19.9 Å². The highest BCUT2D eigenvalue weighted by atomic mass is 16.5. The van der Waals surface area contributed by atoms with Crippen molar-refractivity contribution < 1.29 is 19.4 Å². The number of hydrogen-bond acceptors (Lipinski definition) is 7. The van der Waals surface area contributed by atoms with Gasteiger partial charge in [-0.3, -0.25) is 4.79 Å². The fourth-order valence-corrected chi connectivity index (χ4v) is 6.96. The molecule has 0 saturated heterocycles. The van der Waals surface area contributed by atoms with Crippen molar-refractivity contribution in [2.24, 2.45) is 15.2 Å². The zero-order valence-corrected chi connectivity index (χ0v) is 28.0. The Kier molecular flexibility index (Phi) is 9.86. The number of aliphatic hydroxyl groups is 1. The molecule has 1 heterocycles. The lowest BCUT2D eigenvalue weighted by molar-refractivity contribution is -0.129. The summed E-state index contributed by atoms with van der Waals surface area (Å²) >= 11 is 0. The lowest BCUT2D eigenvalue weighted by Crippen LogP contribution is -2.51. The Labute approximate surface area is 299 Å². The Morgan fingerprint density at radius 3 is 2.13 bits per heavy atom. The molecule has 0 spiro atoms. The summed E-state index contributed by atoms with van der Waals surface area (Å²) in [4.78, 5) is 26.6. The summed E-state index contributed by atoms with van der Waals surface area (Å²) in [6.45, 7) is 0.454. The number of azide groups is 2. The largest absolute Gasteiger partial charge is 0.494 e. The van der Waals surface area contributed by atoms with Crippen LogP contribution in [0.25, 0.3) is 32.0 Å². The summed E-state index contributed by atoms with van der Waals surface area (Å²) in [7, 11) is 0. The first kappa shape index (κ1) is 33.9. The molecule has 0 unspecified atom stereocenters. The van der Waals surface area contributed by atoms with Crippen molar-refractivity contribution in [2.45, 2.75) is 37.1 Å². The van der Waals surface area contributed by atoms with Crippen molar-refractivity contribution >= 4 is 17.5 Å². The van der Waals surface area contributed by atoms with Crippen LogP contribution in [0.2, 0.25) is 0 Å². The molecular formula is C40H34N8O4. The Balaban J connectivity index is 1.39. The van der Waals surface area contributed by atoms with E-state index >= 15 is 4.79 Å². The highest BCUT2D eigenvalue weighted by Crippen LogP contribution is 2.48. The van der Waals surface area contributed by atoms with Crippen LogP contribution in [-0.2, 0) is 22.5 Å². The van der Waals surface area contributed by atoms with Gasteiger partial charge in [-0.05, 0) is 68.7 Å². The summed E-state index contributed by atoms with van der Waals surface area (Å²) in [6.07, 6.45) is -0.477. The van der Waals surface area contributed by atoms with E-state index in [0.717, 1.165) is 33.4 Å². The van der Waals surface area contributed by atoms with Crippen LogP contribution in [0.3, 0.4) is 0 Å². The van der Waals surface area contributed by atoms with Gasteiger partial charge in [-0.15, -0.1) is 0 Å². The van der Waals surface area contributed by atoms with E-state index in [2.05, 4.69) is 25.4 Å². The van der Waals surface area contributed by atoms with Crippen molar-refractivity contribution in [1.82, 2.24) is 5.32 Å². The third-order valence-electron chi connectivity index (χ3n) is 9.39. The fraction of sp³-hybridized carbons (Fsp3) is 0.200. The first-order valence-corrected chi connectivity index (χ1v) is 16.9. The van der Waals surface area contributed by atoms with Gasteiger partial charge in [-0.25, -0.2) is 4.99 Å². The molecule has 0 aromatic heterocycles. The van der Waals surface area contributed by atoms with Gasteiger partial charge in [-0.2, -0.15) is 0 Å². The molecule has 2 N–H and O–H groups in total. The van der Waals surface area contributed by atoms with Crippen molar-refractivity contribution in [1.29, 1.82) is 0 Å². The Hall–Kier alpha value is -6.58. The van der Waals surface area contributed by atoms with Gasteiger partial charge in [0.15, 0.2) is 11.6 Å². The number of carbonyl (C=O) groups excluding carboxylic acids is 1. The number of aliphatic imine (C=N–C) groups is 1. The normalized spacial score (nSPS) is 17.1. The number of ether oxygens (including phenoxy) is 2. The number of benzene rings is 5. The zero-order valence-electron chi connectivity index (χ0n) is 28.0. The van der Waals surface area contributed by atoms with Gasteiger partial charge in [0.05, 0.1) is 19.2 Å². The highest BCUT2D eigenvalue weighted by molar-refractivity contribution is 6.02. The van der Waals surface area contributed by atoms with Crippen molar-refractivity contribution in [3.63, 3.8) is 0 Å². The number of rotatable bonds is 13. The maximum absolute atomic E-state index is 15.4. The van der Waals surface area contributed by atoms with Crippen LogP contribution in [-0.4, -0.2) is 35.7 Å². The van der Waals surface area contributed by atoms with Gasteiger partial charge in [0.2, 0.25) is 5.90 Å². The Bertz CT molecular complexity index is 2200. The van der Waals surface area contributed by atoms with Crippen molar-refractivity contribution in [3.05, 3.63) is 176 Å². The molecule has 0 radical (unpaired) electrons. The summed E-state index contributed by atoms with van der Waals surface area (Å²) < 4.78 is 12.5. The van der Waals surface area contributed by atoms with Crippen LogP contribution >= 0.6 is 0 Å². The van der Waals surface area contributed by atoms with Crippen LogP contribution in [0.15, 0.2) is 137 Å². The molecule has 5 aromatic rings. The molecule has 7 rings (SSSR count). The topological polar surface area (TPSA) is 178 Å². The highest BCUT2D eigenvalue weighted by Gasteiger charge is 2.55. The first-order chi connectivity index (χ1) is 25.6. The predicted octanol–water partition coefficient (Wildman–Crippen LogP) is 8.59. The van der Waals surface area contributed by atoms with E-state index < -0.39 is 23.6 Å². The third-order valence-corrected chi connectivity index (χ3v) is 9.39. The second-order valence-electron chi connectivity index (χ2n) is 12.5. The Morgan fingerprint density at radius 1 is 0.827 bits per heavy atom. The van der Waals surface area contributed by atoms with Crippen LogP contribution in [0.1, 0.15) is 51.9 Å². The SMILES string of the molecule is [N-]=[N+]=NCc1ccccc1C[C@@]1(C(=O)NC2c3ccccc3-c3ccccc32)N=C(c2ccc(OCCCO)cc2)O[C@@H]1c1ccccc1N=[N+]=[N-]. The van der Waals surface area contributed by atoms with E-state index in [4.69, 9.17) is 25.1 Å². The van der Waals surface area contributed by atoms with Crippen molar-refractivity contribution in [2.75, 3.05) is 13.2 Å². The molecule has 52 heavy (non-hydrogen) atoms. The van der Waals surface area contributed by atoms with Gasteiger partial charge in [0, 0.05) is 46.1 Å². The molecule has 1 amide bonds. The number of nitrogens with one attached hydrogen (secondary N) is 1. The lowest BCUT2D eigenvalue weighted by atomic mass is 9.80. The quantitative estimate of drug-likeness (QED) is 0.0544. The molecule has 1 aliphatic heterocycles. The number of hydrogen-bond donors (Lipinski definition) is 2. The molecule has 258 valence electrons. The molecule has 2 aliphatic rings. The van der Waals surface area contributed by atoms with E-state index in [0.29, 0.717) is 35.6 Å². The third kappa shape index (κ3) is 6.53. The second kappa shape index (κ2) is 15.1. The molecule has 1 aliphatic carbocycles. The van der Waals surface area contributed by atoms with Gasteiger partial charge in [0.25, 0.3) is 5.91 Å².